The van der Waals surface area contributed by atoms with Crippen molar-refractivity contribution in [2.45, 2.75) is 19.4 Å². The molecule has 1 heterocycles. The average molecular weight is 303 g/mol. The van der Waals surface area contributed by atoms with Gasteiger partial charge in [-0.3, -0.25) is 19.3 Å². The number of hydrogen-bond donors (Lipinski definition) is 0. The monoisotopic (exact) mass is 303 g/mol. The zero-order valence-corrected chi connectivity index (χ0v) is 13.2. The second-order valence-electron chi connectivity index (χ2n) is 5.68. The van der Waals surface area contributed by atoms with E-state index in [-0.39, 0.29) is 37.1 Å². The molecule has 2 rings (SSSR count). The fourth-order valence-corrected chi connectivity index (χ4v) is 2.32. The Kier molecular flexibility index (Phi) is 4.80. The number of anilines is 1. The molecule has 0 bridgehead atoms. The van der Waals surface area contributed by atoms with Crippen molar-refractivity contribution >= 4 is 23.4 Å². The van der Waals surface area contributed by atoms with Crippen LogP contribution in [0.1, 0.15) is 18.4 Å². The van der Waals surface area contributed by atoms with Crippen LogP contribution in [0.15, 0.2) is 24.3 Å². The summed E-state index contributed by atoms with van der Waals surface area (Å²) >= 11 is 0. The van der Waals surface area contributed by atoms with Gasteiger partial charge in [0.1, 0.15) is 6.54 Å². The van der Waals surface area contributed by atoms with Crippen molar-refractivity contribution in [3.8, 4) is 0 Å². The molecule has 0 atom stereocenters. The third-order valence-corrected chi connectivity index (χ3v) is 3.75. The van der Waals surface area contributed by atoms with Gasteiger partial charge >= 0.3 is 0 Å². The average Bonchev–Trinajstić information content (AvgIpc) is 2.79. The number of imide groups is 1. The summed E-state index contributed by atoms with van der Waals surface area (Å²) in [5, 5.41) is 0. The minimum atomic E-state index is -0.262. The number of likely N-dealkylation sites (tertiary alicyclic amines) is 1. The van der Waals surface area contributed by atoms with Crippen LogP contribution in [0.2, 0.25) is 0 Å². The van der Waals surface area contributed by atoms with Crippen LogP contribution >= 0.6 is 0 Å². The zero-order chi connectivity index (χ0) is 16.3. The Morgan fingerprint density at radius 1 is 1.05 bits per heavy atom. The van der Waals surface area contributed by atoms with Crippen LogP contribution in [0.5, 0.6) is 0 Å². The van der Waals surface area contributed by atoms with E-state index >= 15 is 0 Å². The van der Waals surface area contributed by atoms with Crippen molar-refractivity contribution in [1.29, 1.82) is 0 Å². The van der Waals surface area contributed by atoms with E-state index in [1.165, 1.54) is 4.90 Å². The summed E-state index contributed by atoms with van der Waals surface area (Å²) in [7, 11) is 5.61. The molecule has 118 valence electrons. The maximum Gasteiger partial charge on any atom is 0.242 e. The first-order chi connectivity index (χ1) is 10.4. The Morgan fingerprint density at radius 3 is 2.09 bits per heavy atom. The van der Waals surface area contributed by atoms with Gasteiger partial charge < -0.3 is 9.80 Å². The summed E-state index contributed by atoms with van der Waals surface area (Å²) in [5.41, 5.74) is 2.09. The zero-order valence-electron chi connectivity index (χ0n) is 13.2. The van der Waals surface area contributed by atoms with Crippen molar-refractivity contribution < 1.29 is 14.4 Å². The van der Waals surface area contributed by atoms with Crippen molar-refractivity contribution in [2.75, 3.05) is 32.6 Å². The SMILES string of the molecule is CN(Cc1ccc(N(C)C)cc1)C(=O)CN1C(=O)CCC1=O. The summed E-state index contributed by atoms with van der Waals surface area (Å²) in [4.78, 5) is 39.8. The van der Waals surface area contributed by atoms with Gasteiger partial charge in [-0.1, -0.05) is 12.1 Å². The largest absolute Gasteiger partial charge is 0.378 e. The van der Waals surface area contributed by atoms with Crippen molar-refractivity contribution in [2.24, 2.45) is 0 Å². The Labute approximate surface area is 130 Å². The van der Waals surface area contributed by atoms with Crippen molar-refractivity contribution in [1.82, 2.24) is 9.80 Å². The predicted octanol–water partition coefficient (Wildman–Crippen LogP) is 0.860. The molecule has 1 aromatic carbocycles. The molecule has 6 heteroatoms. The van der Waals surface area contributed by atoms with E-state index in [0.717, 1.165) is 16.2 Å². The van der Waals surface area contributed by atoms with E-state index in [2.05, 4.69) is 0 Å². The normalized spacial score (nSPS) is 14.4. The molecule has 3 amide bonds. The van der Waals surface area contributed by atoms with E-state index in [0.29, 0.717) is 6.54 Å². The fourth-order valence-electron chi connectivity index (χ4n) is 2.32. The second-order valence-corrected chi connectivity index (χ2v) is 5.68. The first kappa shape index (κ1) is 16.0. The molecule has 1 aliphatic heterocycles. The van der Waals surface area contributed by atoms with E-state index in [4.69, 9.17) is 0 Å². The molecule has 22 heavy (non-hydrogen) atoms. The van der Waals surface area contributed by atoms with E-state index < -0.39 is 0 Å². The molecular formula is C16H21N3O3. The van der Waals surface area contributed by atoms with E-state index in [9.17, 15) is 14.4 Å². The summed E-state index contributed by atoms with van der Waals surface area (Å²) in [5.74, 6) is -0.760. The quantitative estimate of drug-likeness (QED) is 0.757. The lowest BCUT2D eigenvalue weighted by molar-refractivity contribution is -0.145. The highest BCUT2D eigenvalue weighted by molar-refractivity contribution is 6.04. The number of amides is 3. The molecule has 6 nitrogen and oxygen atoms in total. The molecule has 1 aliphatic rings. The molecule has 1 saturated heterocycles. The number of nitrogens with zero attached hydrogens (tertiary/aromatic N) is 3. The molecular weight excluding hydrogens is 282 g/mol. The lowest BCUT2D eigenvalue weighted by atomic mass is 10.2. The minimum Gasteiger partial charge on any atom is -0.378 e. The van der Waals surface area contributed by atoms with Crippen LogP contribution in [0, 0.1) is 0 Å². The Balaban J connectivity index is 1.93. The van der Waals surface area contributed by atoms with E-state index in [1.807, 2.05) is 43.3 Å². The number of likely N-dealkylation sites (N-methyl/N-ethyl adjacent to an activating group) is 1. The van der Waals surface area contributed by atoms with E-state index in [1.54, 1.807) is 7.05 Å². The molecule has 0 unspecified atom stereocenters. The molecule has 0 N–H and O–H groups in total. The van der Waals surface area contributed by atoms with Crippen LogP contribution < -0.4 is 4.90 Å². The van der Waals surface area contributed by atoms with Gasteiger partial charge in [0.15, 0.2) is 0 Å². The van der Waals surface area contributed by atoms with Crippen LogP contribution in [0.25, 0.3) is 0 Å². The van der Waals surface area contributed by atoms with Crippen molar-refractivity contribution in [3.05, 3.63) is 29.8 Å². The number of carbonyl (C=O) groups is 3. The van der Waals surface area contributed by atoms with Gasteiger partial charge in [-0.25, -0.2) is 0 Å². The van der Waals surface area contributed by atoms with Gasteiger partial charge in [0.25, 0.3) is 0 Å². The third kappa shape index (κ3) is 3.63. The van der Waals surface area contributed by atoms with Crippen LogP contribution in [-0.4, -0.2) is 55.2 Å². The number of rotatable bonds is 5. The molecule has 1 aromatic rings. The smallest absolute Gasteiger partial charge is 0.242 e. The summed E-state index contributed by atoms with van der Waals surface area (Å²) in [6.07, 6.45) is 0.420. The molecule has 0 aromatic heterocycles. The maximum absolute atomic E-state index is 12.1. The highest BCUT2D eigenvalue weighted by atomic mass is 16.2. The highest BCUT2D eigenvalue weighted by Crippen LogP contribution is 2.14. The Hall–Kier alpha value is -2.37. The number of benzene rings is 1. The Bertz CT molecular complexity index is 565. The van der Waals surface area contributed by atoms with Gasteiger partial charge in [-0.15, -0.1) is 0 Å². The van der Waals surface area contributed by atoms with Crippen LogP contribution in [0.3, 0.4) is 0 Å². The number of carbonyl (C=O) groups excluding carboxylic acids is 3. The van der Waals surface area contributed by atoms with Crippen molar-refractivity contribution in [3.63, 3.8) is 0 Å². The van der Waals surface area contributed by atoms with Crippen LogP contribution in [-0.2, 0) is 20.9 Å². The minimum absolute atomic E-state index is 0.163. The Morgan fingerprint density at radius 2 is 1.59 bits per heavy atom. The molecule has 0 spiro atoms. The third-order valence-electron chi connectivity index (χ3n) is 3.75. The van der Waals surface area contributed by atoms with Gasteiger partial charge in [0.2, 0.25) is 17.7 Å². The lowest BCUT2D eigenvalue weighted by Gasteiger charge is -2.21. The summed E-state index contributed by atoms with van der Waals surface area (Å²) < 4.78 is 0. The molecule has 0 radical (unpaired) electrons. The highest BCUT2D eigenvalue weighted by Gasteiger charge is 2.31. The summed E-state index contributed by atoms with van der Waals surface area (Å²) in [6.45, 7) is 0.284. The molecule has 1 fully saturated rings. The topological polar surface area (TPSA) is 60.9 Å². The van der Waals surface area contributed by atoms with Crippen LogP contribution in [0.4, 0.5) is 5.69 Å². The maximum atomic E-state index is 12.1. The fraction of sp³-hybridized carbons (Fsp3) is 0.438. The van der Waals surface area contributed by atoms with Gasteiger partial charge in [0.05, 0.1) is 0 Å². The standard InChI is InChI=1S/C16H21N3O3/c1-17(2)13-6-4-12(5-7-13)10-18(3)16(22)11-19-14(20)8-9-15(19)21/h4-7H,8-11H2,1-3H3. The first-order valence-corrected chi connectivity index (χ1v) is 7.22. The molecule has 0 aliphatic carbocycles. The van der Waals surface area contributed by atoms with Gasteiger partial charge in [0, 0.05) is 46.2 Å². The number of hydrogen-bond acceptors (Lipinski definition) is 4. The lowest BCUT2D eigenvalue weighted by Crippen LogP contribution is -2.40. The van der Waals surface area contributed by atoms with Gasteiger partial charge in [-0.05, 0) is 17.7 Å². The second kappa shape index (κ2) is 6.60. The first-order valence-electron chi connectivity index (χ1n) is 7.22. The summed E-state index contributed by atoms with van der Waals surface area (Å²) in [6, 6.07) is 7.90. The predicted molar refractivity (Wildman–Crippen MR) is 83.2 cm³/mol. The van der Waals surface area contributed by atoms with Gasteiger partial charge in [-0.2, -0.15) is 0 Å². The molecule has 0 saturated carbocycles.